The normalized spacial score (nSPS) is 16.7. The number of rotatable bonds is 9. The third kappa shape index (κ3) is 4.92. The molecule has 166 valence electrons. The maximum absolute atomic E-state index is 5.56. The Morgan fingerprint density at radius 2 is 2.19 bits per heavy atom. The Hall–Kier alpha value is -2.82. The number of hydrogen-bond donors (Lipinski definition) is 2. The molecule has 31 heavy (non-hydrogen) atoms. The van der Waals surface area contributed by atoms with Crippen molar-refractivity contribution in [3.8, 4) is 0 Å². The standard InChI is InChI=1S/C21H30N8O2/c1-4-31-12-11-29-19-18(16(27-29)14-30-3)25-21(28-10-9-22-15(2)13-28)26-20(19)24-17-7-5-6-8-23-17/h5-8,15,22H,4,9-14H2,1-3H3,(H,23,24,25,26)/t15-/m1/s1. The van der Waals surface area contributed by atoms with Gasteiger partial charge in [-0.2, -0.15) is 10.1 Å². The molecule has 0 aliphatic carbocycles. The van der Waals surface area contributed by atoms with E-state index < -0.39 is 0 Å². The van der Waals surface area contributed by atoms with Gasteiger partial charge in [0.05, 0.1) is 19.8 Å². The average Bonchev–Trinajstić information content (AvgIpc) is 3.13. The number of nitrogens with zero attached hydrogens (tertiary/aromatic N) is 6. The lowest BCUT2D eigenvalue weighted by molar-refractivity contribution is 0.136. The highest BCUT2D eigenvalue weighted by molar-refractivity contribution is 5.90. The molecular weight excluding hydrogens is 396 g/mol. The SMILES string of the molecule is CCOCCn1nc(COC)c2nc(N3CCN[C@H](C)C3)nc(Nc3ccccn3)c21. The molecule has 0 radical (unpaired) electrons. The van der Waals surface area contributed by atoms with Crippen molar-refractivity contribution >= 4 is 28.6 Å². The van der Waals surface area contributed by atoms with E-state index in [0.717, 1.165) is 36.4 Å². The van der Waals surface area contributed by atoms with Crippen molar-refractivity contribution in [2.45, 2.75) is 33.0 Å². The van der Waals surface area contributed by atoms with Crippen molar-refractivity contribution in [3.63, 3.8) is 0 Å². The molecule has 0 aromatic carbocycles. The van der Waals surface area contributed by atoms with E-state index in [-0.39, 0.29) is 0 Å². The summed E-state index contributed by atoms with van der Waals surface area (Å²) in [7, 11) is 1.66. The minimum atomic E-state index is 0.368. The molecule has 1 fully saturated rings. The number of hydrogen-bond acceptors (Lipinski definition) is 9. The van der Waals surface area contributed by atoms with Gasteiger partial charge in [0, 0.05) is 45.6 Å². The van der Waals surface area contributed by atoms with Crippen LogP contribution in [0.3, 0.4) is 0 Å². The molecule has 1 saturated heterocycles. The Kier molecular flexibility index (Phi) is 6.90. The zero-order valence-corrected chi connectivity index (χ0v) is 18.3. The lowest BCUT2D eigenvalue weighted by Crippen LogP contribution is -2.49. The summed E-state index contributed by atoms with van der Waals surface area (Å²) in [6.07, 6.45) is 1.75. The first-order chi connectivity index (χ1) is 15.2. The number of piperazine rings is 1. The topological polar surface area (TPSA) is 102 Å². The number of ether oxygens (including phenoxy) is 2. The molecule has 4 heterocycles. The van der Waals surface area contributed by atoms with Gasteiger partial charge in [-0.3, -0.25) is 4.68 Å². The molecule has 1 aliphatic rings. The lowest BCUT2D eigenvalue weighted by atomic mass is 10.2. The fourth-order valence-electron chi connectivity index (χ4n) is 3.72. The van der Waals surface area contributed by atoms with Gasteiger partial charge in [-0.05, 0) is 26.0 Å². The molecule has 10 heteroatoms. The van der Waals surface area contributed by atoms with E-state index in [9.17, 15) is 0 Å². The first kappa shape index (κ1) is 21.4. The fraction of sp³-hybridized carbons (Fsp3) is 0.524. The Bertz CT molecular complexity index is 994. The summed E-state index contributed by atoms with van der Waals surface area (Å²) in [5, 5.41) is 11.6. The zero-order valence-electron chi connectivity index (χ0n) is 18.3. The summed E-state index contributed by atoms with van der Waals surface area (Å²) in [6, 6.07) is 6.11. The Morgan fingerprint density at radius 3 is 2.94 bits per heavy atom. The van der Waals surface area contributed by atoms with Crippen LogP contribution in [0, 0.1) is 0 Å². The van der Waals surface area contributed by atoms with Gasteiger partial charge in [-0.1, -0.05) is 6.07 Å². The maximum atomic E-state index is 5.56. The van der Waals surface area contributed by atoms with Gasteiger partial charge in [-0.25, -0.2) is 9.97 Å². The lowest BCUT2D eigenvalue weighted by Gasteiger charge is -2.32. The fourth-order valence-corrected chi connectivity index (χ4v) is 3.72. The first-order valence-corrected chi connectivity index (χ1v) is 10.7. The Labute approximate surface area is 182 Å². The zero-order chi connectivity index (χ0) is 21.6. The summed E-state index contributed by atoms with van der Waals surface area (Å²) in [4.78, 5) is 16.5. The minimum absolute atomic E-state index is 0.368. The van der Waals surface area contributed by atoms with E-state index in [1.165, 1.54) is 0 Å². The second-order valence-corrected chi connectivity index (χ2v) is 7.51. The molecule has 10 nitrogen and oxygen atoms in total. The molecule has 0 bridgehead atoms. The molecule has 3 aromatic rings. The van der Waals surface area contributed by atoms with E-state index in [1.807, 2.05) is 29.8 Å². The van der Waals surface area contributed by atoms with E-state index >= 15 is 0 Å². The van der Waals surface area contributed by atoms with Crippen LogP contribution in [-0.2, 0) is 22.6 Å². The second-order valence-electron chi connectivity index (χ2n) is 7.51. The maximum Gasteiger partial charge on any atom is 0.228 e. The largest absolute Gasteiger partial charge is 0.380 e. The van der Waals surface area contributed by atoms with Crippen LogP contribution in [0.2, 0.25) is 0 Å². The van der Waals surface area contributed by atoms with Crippen LogP contribution in [0.5, 0.6) is 0 Å². The molecule has 0 amide bonds. The summed E-state index contributed by atoms with van der Waals surface area (Å²) in [5.74, 6) is 2.07. The van der Waals surface area contributed by atoms with Gasteiger partial charge >= 0.3 is 0 Å². The average molecular weight is 427 g/mol. The van der Waals surface area contributed by atoms with E-state index in [0.29, 0.717) is 50.0 Å². The van der Waals surface area contributed by atoms with Gasteiger partial charge in [0.1, 0.15) is 22.5 Å². The quantitative estimate of drug-likeness (QED) is 0.497. The van der Waals surface area contributed by atoms with Crippen molar-refractivity contribution in [2.75, 3.05) is 50.2 Å². The Balaban J connectivity index is 1.81. The summed E-state index contributed by atoms with van der Waals surface area (Å²) in [6.45, 7) is 8.90. The number of anilines is 3. The van der Waals surface area contributed by atoms with Crippen LogP contribution in [0.15, 0.2) is 24.4 Å². The van der Waals surface area contributed by atoms with Crippen LogP contribution in [0.4, 0.5) is 17.6 Å². The number of aromatic nitrogens is 5. The van der Waals surface area contributed by atoms with Gasteiger partial charge in [0.15, 0.2) is 5.82 Å². The van der Waals surface area contributed by atoms with Gasteiger partial charge in [-0.15, -0.1) is 0 Å². The monoisotopic (exact) mass is 426 g/mol. The van der Waals surface area contributed by atoms with Crippen molar-refractivity contribution in [1.82, 2.24) is 30.0 Å². The summed E-state index contributed by atoms with van der Waals surface area (Å²) < 4.78 is 12.9. The van der Waals surface area contributed by atoms with Crippen LogP contribution >= 0.6 is 0 Å². The molecule has 3 aromatic heterocycles. The Morgan fingerprint density at radius 1 is 1.29 bits per heavy atom. The van der Waals surface area contributed by atoms with E-state index in [4.69, 9.17) is 24.5 Å². The van der Waals surface area contributed by atoms with Crippen LogP contribution in [0.1, 0.15) is 19.5 Å². The summed E-state index contributed by atoms with van der Waals surface area (Å²) in [5.41, 5.74) is 2.39. The van der Waals surface area contributed by atoms with Crippen molar-refractivity contribution in [1.29, 1.82) is 0 Å². The van der Waals surface area contributed by atoms with E-state index in [2.05, 4.69) is 27.4 Å². The number of fused-ring (bicyclic) bond motifs is 1. The molecule has 2 N–H and O–H groups in total. The molecule has 1 atom stereocenters. The van der Waals surface area contributed by atoms with Gasteiger partial charge in [0.25, 0.3) is 0 Å². The van der Waals surface area contributed by atoms with Gasteiger partial charge < -0.3 is 25.0 Å². The predicted octanol–water partition coefficient (Wildman–Crippen LogP) is 1.95. The first-order valence-electron chi connectivity index (χ1n) is 10.7. The third-order valence-electron chi connectivity index (χ3n) is 5.14. The van der Waals surface area contributed by atoms with Crippen molar-refractivity contribution in [2.24, 2.45) is 0 Å². The highest BCUT2D eigenvalue weighted by Crippen LogP contribution is 2.29. The summed E-state index contributed by atoms with van der Waals surface area (Å²) >= 11 is 0. The number of pyridine rings is 1. The molecule has 0 saturated carbocycles. The smallest absolute Gasteiger partial charge is 0.228 e. The number of methoxy groups -OCH3 is 1. The molecular formula is C21H30N8O2. The third-order valence-corrected chi connectivity index (χ3v) is 5.14. The van der Waals surface area contributed by atoms with E-state index in [1.54, 1.807) is 13.3 Å². The second kappa shape index (κ2) is 9.99. The molecule has 0 unspecified atom stereocenters. The highest BCUT2D eigenvalue weighted by atomic mass is 16.5. The molecule has 1 aliphatic heterocycles. The van der Waals surface area contributed by atoms with Gasteiger partial charge in [0.2, 0.25) is 5.95 Å². The predicted molar refractivity (Wildman–Crippen MR) is 120 cm³/mol. The molecule has 0 spiro atoms. The van der Waals surface area contributed by atoms with Crippen LogP contribution in [0.25, 0.3) is 11.0 Å². The number of nitrogens with one attached hydrogen (secondary N) is 2. The molecule has 4 rings (SSSR count). The van der Waals surface area contributed by atoms with Crippen molar-refractivity contribution in [3.05, 3.63) is 30.1 Å². The highest BCUT2D eigenvalue weighted by Gasteiger charge is 2.24. The minimum Gasteiger partial charge on any atom is -0.380 e. The van der Waals surface area contributed by atoms with Crippen LogP contribution in [-0.4, -0.2) is 70.7 Å². The van der Waals surface area contributed by atoms with Crippen LogP contribution < -0.4 is 15.5 Å². The van der Waals surface area contributed by atoms with Crippen molar-refractivity contribution < 1.29 is 9.47 Å².